The van der Waals surface area contributed by atoms with E-state index in [-0.39, 0.29) is 17.7 Å². The van der Waals surface area contributed by atoms with Gasteiger partial charge in [0.05, 0.1) is 19.4 Å². The van der Waals surface area contributed by atoms with Gasteiger partial charge in [-0.3, -0.25) is 14.3 Å². The maximum absolute atomic E-state index is 12.1. The summed E-state index contributed by atoms with van der Waals surface area (Å²) in [6.07, 6.45) is 1.34. The van der Waals surface area contributed by atoms with Crippen LogP contribution < -0.4 is 20.5 Å². The fourth-order valence-electron chi connectivity index (χ4n) is 4.03. The molecule has 2 aromatic carbocycles. The third-order valence-electron chi connectivity index (χ3n) is 5.62. The number of carbonyl (C=O) groups is 2. The van der Waals surface area contributed by atoms with E-state index in [2.05, 4.69) is 17.3 Å². The van der Waals surface area contributed by atoms with Gasteiger partial charge < -0.3 is 20.5 Å². The van der Waals surface area contributed by atoms with Gasteiger partial charge in [-0.15, -0.1) is 0 Å². The normalized spacial score (nSPS) is 14.4. The fourth-order valence-corrected chi connectivity index (χ4v) is 4.03. The highest BCUT2D eigenvalue weighted by Gasteiger charge is 2.32. The van der Waals surface area contributed by atoms with Crippen molar-refractivity contribution in [3.8, 4) is 11.5 Å². The van der Waals surface area contributed by atoms with E-state index in [9.17, 15) is 9.59 Å². The van der Waals surface area contributed by atoms with Crippen molar-refractivity contribution in [2.75, 3.05) is 19.0 Å². The first-order valence-electron chi connectivity index (χ1n) is 11.3. The quantitative estimate of drug-likeness (QED) is 0.571. The van der Waals surface area contributed by atoms with Gasteiger partial charge in [-0.05, 0) is 50.1 Å². The van der Waals surface area contributed by atoms with Gasteiger partial charge in [-0.25, -0.2) is 0 Å². The first-order chi connectivity index (χ1) is 16.2. The number of primary amides is 1. The summed E-state index contributed by atoms with van der Waals surface area (Å²) in [4.78, 5) is 22.7. The molecule has 0 aliphatic carbocycles. The Balaban J connectivity index is 0.000000271. The lowest BCUT2D eigenvalue weighted by molar-refractivity contribution is -0.116. The van der Waals surface area contributed by atoms with Crippen LogP contribution in [-0.4, -0.2) is 35.3 Å². The summed E-state index contributed by atoms with van der Waals surface area (Å²) in [5.41, 5.74) is 9.70. The third kappa shape index (κ3) is 5.57. The lowest BCUT2D eigenvalue weighted by atomic mass is 9.85. The fraction of sp³-hybridized carbons (Fsp3) is 0.346. The molecule has 1 aliphatic heterocycles. The van der Waals surface area contributed by atoms with Gasteiger partial charge in [0.25, 0.3) is 0 Å². The lowest BCUT2D eigenvalue weighted by Crippen LogP contribution is -2.24. The number of methoxy groups -OCH3 is 1. The van der Waals surface area contributed by atoms with E-state index in [0.717, 1.165) is 40.4 Å². The molecular weight excluding hydrogens is 432 g/mol. The summed E-state index contributed by atoms with van der Waals surface area (Å²) in [7, 11) is 3.48. The highest BCUT2D eigenvalue weighted by Crippen LogP contribution is 2.41. The van der Waals surface area contributed by atoms with E-state index >= 15 is 0 Å². The monoisotopic (exact) mass is 464 g/mol. The van der Waals surface area contributed by atoms with Crippen molar-refractivity contribution in [1.82, 2.24) is 9.78 Å². The summed E-state index contributed by atoms with van der Waals surface area (Å²) < 4.78 is 12.9. The number of rotatable bonds is 6. The number of nitrogens with two attached hydrogens (primary N) is 1. The van der Waals surface area contributed by atoms with Crippen LogP contribution in [0, 0.1) is 13.8 Å². The van der Waals surface area contributed by atoms with Crippen molar-refractivity contribution in [2.24, 2.45) is 12.8 Å². The predicted molar refractivity (Wildman–Crippen MR) is 132 cm³/mol. The van der Waals surface area contributed by atoms with Gasteiger partial charge >= 0.3 is 0 Å². The summed E-state index contributed by atoms with van der Waals surface area (Å²) in [6, 6.07) is 13.1. The SMILES string of the molecule is CCCOc1ccc(C2CC(=O)Nc3c2c(C)nn3C)cc1OC.Cc1cccc(C(N)=O)c1. The second-order valence-electron chi connectivity index (χ2n) is 8.27. The van der Waals surface area contributed by atoms with Crippen LogP contribution in [0.3, 0.4) is 0 Å². The van der Waals surface area contributed by atoms with Gasteiger partial charge in [0.2, 0.25) is 11.8 Å². The molecule has 0 spiro atoms. The summed E-state index contributed by atoms with van der Waals surface area (Å²) in [5, 5.41) is 7.37. The molecule has 0 saturated heterocycles. The molecule has 0 bridgehead atoms. The Hall–Kier alpha value is -3.81. The minimum Gasteiger partial charge on any atom is -0.493 e. The van der Waals surface area contributed by atoms with E-state index < -0.39 is 0 Å². The Morgan fingerprint density at radius 3 is 2.59 bits per heavy atom. The standard InChI is InChI=1S/C18H23N3O3.C8H9NO/c1-5-8-24-14-7-6-12(9-15(14)23-4)13-10-16(22)19-18-17(13)11(2)20-21(18)3;1-6-3-2-4-7(5-6)8(9)10/h6-7,9,13H,5,8,10H2,1-4H3,(H,19,22);2-5H,1H3,(H2,9,10). The number of hydrogen-bond acceptors (Lipinski definition) is 5. The van der Waals surface area contributed by atoms with Crippen molar-refractivity contribution in [3.05, 3.63) is 70.4 Å². The van der Waals surface area contributed by atoms with Gasteiger partial charge in [-0.2, -0.15) is 5.10 Å². The molecule has 0 fully saturated rings. The molecule has 180 valence electrons. The van der Waals surface area contributed by atoms with Crippen molar-refractivity contribution in [1.29, 1.82) is 0 Å². The van der Waals surface area contributed by atoms with Gasteiger partial charge in [0, 0.05) is 30.5 Å². The van der Waals surface area contributed by atoms with Crippen LogP contribution in [0.15, 0.2) is 42.5 Å². The molecule has 8 nitrogen and oxygen atoms in total. The number of ether oxygens (including phenoxy) is 2. The summed E-state index contributed by atoms with van der Waals surface area (Å²) >= 11 is 0. The molecule has 4 rings (SSSR count). The number of aromatic nitrogens is 2. The molecule has 1 aromatic heterocycles. The number of nitrogens with zero attached hydrogens (tertiary/aromatic N) is 2. The Morgan fingerprint density at radius 1 is 1.21 bits per heavy atom. The summed E-state index contributed by atoms with van der Waals surface area (Å²) in [6.45, 7) is 6.60. The molecular formula is C26H32N4O4. The number of anilines is 1. The average molecular weight is 465 g/mol. The number of nitrogens with one attached hydrogen (secondary N) is 1. The summed E-state index contributed by atoms with van der Waals surface area (Å²) in [5.74, 6) is 1.79. The largest absolute Gasteiger partial charge is 0.493 e. The van der Waals surface area contributed by atoms with Crippen LogP contribution in [0.1, 0.15) is 58.4 Å². The van der Waals surface area contributed by atoms with Gasteiger partial charge in [0.1, 0.15) is 5.82 Å². The molecule has 0 saturated carbocycles. The van der Waals surface area contributed by atoms with E-state index in [1.54, 1.807) is 23.9 Å². The smallest absolute Gasteiger partial charge is 0.248 e. The molecule has 2 amide bonds. The van der Waals surface area contributed by atoms with E-state index in [0.29, 0.717) is 24.3 Å². The highest BCUT2D eigenvalue weighted by molar-refractivity contribution is 5.94. The molecule has 1 aliphatic rings. The minimum absolute atomic E-state index is 0.000719. The molecule has 34 heavy (non-hydrogen) atoms. The first-order valence-corrected chi connectivity index (χ1v) is 11.3. The van der Waals surface area contributed by atoms with Gasteiger partial charge in [0.15, 0.2) is 11.5 Å². The number of carbonyl (C=O) groups excluding carboxylic acids is 2. The van der Waals surface area contributed by atoms with Crippen LogP contribution >= 0.6 is 0 Å². The highest BCUT2D eigenvalue weighted by atomic mass is 16.5. The lowest BCUT2D eigenvalue weighted by Gasteiger charge is -2.24. The van der Waals surface area contributed by atoms with Crippen LogP contribution in [0.5, 0.6) is 11.5 Å². The zero-order valence-corrected chi connectivity index (χ0v) is 20.3. The molecule has 8 heteroatoms. The first kappa shape index (κ1) is 24.8. The minimum atomic E-state index is -0.372. The number of fused-ring (bicyclic) bond motifs is 1. The van der Waals surface area contributed by atoms with Crippen LogP contribution in [0.25, 0.3) is 0 Å². The van der Waals surface area contributed by atoms with Crippen molar-refractivity contribution < 1.29 is 19.1 Å². The second-order valence-corrected chi connectivity index (χ2v) is 8.27. The van der Waals surface area contributed by atoms with Crippen LogP contribution in [0.4, 0.5) is 5.82 Å². The van der Waals surface area contributed by atoms with E-state index in [1.165, 1.54) is 0 Å². The molecule has 3 N–H and O–H groups in total. The number of benzene rings is 2. The molecule has 1 atom stereocenters. The van der Waals surface area contributed by atoms with Crippen molar-refractivity contribution in [2.45, 2.75) is 39.5 Å². The Bertz CT molecular complexity index is 1190. The predicted octanol–water partition coefficient (Wildman–Crippen LogP) is 4.09. The maximum atomic E-state index is 12.1. The van der Waals surface area contributed by atoms with Crippen molar-refractivity contribution >= 4 is 17.6 Å². The molecule has 3 aromatic rings. The molecule has 1 unspecified atom stereocenters. The van der Waals surface area contributed by atoms with E-state index in [1.807, 2.05) is 51.2 Å². The Morgan fingerprint density at radius 2 is 1.97 bits per heavy atom. The zero-order chi connectivity index (χ0) is 24.8. The molecule has 0 radical (unpaired) electrons. The second kappa shape index (κ2) is 10.9. The number of aryl methyl sites for hydroxylation is 3. The zero-order valence-electron chi connectivity index (χ0n) is 20.3. The topological polar surface area (TPSA) is 108 Å². The van der Waals surface area contributed by atoms with Gasteiger partial charge in [-0.1, -0.05) is 30.7 Å². The number of hydrogen-bond donors (Lipinski definition) is 2. The van der Waals surface area contributed by atoms with Crippen LogP contribution in [0.2, 0.25) is 0 Å². The average Bonchev–Trinajstić information content (AvgIpc) is 3.10. The van der Waals surface area contributed by atoms with E-state index in [4.69, 9.17) is 15.2 Å². The van der Waals surface area contributed by atoms with Crippen molar-refractivity contribution in [3.63, 3.8) is 0 Å². The molecule has 2 heterocycles. The van der Waals surface area contributed by atoms with Crippen LogP contribution in [-0.2, 0) is 11.8 Å². The Kier molecular flexibility index (Phi) is 7.94. The Labute approximate surface area is 200 Å². The third-order valence-corrected chi connectivity index (χ3v) is 5.62. The number of amides is 2. The maximum Gasteiger partial charge on any atom is 0.248 e.